The summed E-state index contributed by atoms with van der Waals surface area (Å²) in [5.41, 5.74) is 1.13. The van der Waals surface area contributed by atoms with E-state index in [1.54, 1.807) is 4.90 Å². The summed E-state index contributed by atoms with van der Waals surface area (Å²) in [5.74, 6) is -0.104. The van der Waals surface area contributed by atoms with Crippen molar-refractivity contribution in [1.82, 2.24) is 5.32 Å². The van der Waals surface area contributed by atoms with E-state index in [2.05, 4.69) is 5.32 Å². The minimum absolute atomic E-state index is 0.0114. The van der Waals surface area contributed by atoms with E-state index in [-0.39, 0.29) is 18.4 Å². The van der Waals surface area contributed by atoms with Crippen LogP contribution in [0.25, 0.3) is 0 Å². The summed E-state index contributed by atoms with van der Waals surface area (Å²) in [6, 6.07) is 7.70. The fourth-order valence-electron chi connectivity index (χ4n) is 2.57. The molecular formula is C15H20N2O2. The lowest BCUT2D eigenvalue weighted by Crippen LogP contribution is -2.66. The molecule has 0 spiro atoms. The fraction of sp³-hybridized carbons (Fsp3) is 0.467. The Morgan fingerprint density at radius 2 is 1.95 bits per heavy atom. The molecule has 1 N–H and O–H groups in total. The molecule has 1 aromatic carbocycles. The lowest BCUT2D eigenvalue weighted by molar-refractivity contribution is -0.136. The second kappa shape index (κ2) is 5.03. The summed E-state index contributed by atoms with van der Waals surface area (Å²) < 4.78 is 0. The molecule has 19 heavy (non-hydrogen) atoms. The van der Waals surface area contributed by atoms with Crippen molar-refractivity contribution >= 4 is 17.5 Å². The molecule has 1 fully saturated rings. The van der Waals surface area contributed by atoms with Gasteiger partial charge in [-0.25, -0.2) is 0 Å². The molecule has 2 rings (SSSR count). The van der Waals surface area contributed by atoms with Crippen molar-refractivity contribution in [2.45, 2.75) is 39.2 Å². The molecule has 2 amide bonds. The van der Waals surface area contributed by atoms with E-state index in [9.17, 15) is 9.59 Å². The van der Waals surface area contributed by atoms with E-state index >= 15 is 0 Å². The third-order valence-corrected chi connectivity index (χ3v) is 3.86. The molecule has 0 atom stereocenters. The molecule has 0 aliphatic carbocycles. The van der Waals surface area contributed by atoms with Crippen molar-refractivity contribution in [2.75, 3.05) is 11.4 Å². The second-order valence-corrected chi connectivity index (χ2v) is 5.07. The van der Waals surface area contributed by atoms with Gasteiger partial charge in [-0.1, -0.05) is 26.0 Å². The highest BCUT2D eigenvalue weighted by molar-refractivity contribution is 6.09. The van der Waals surface area contributed by atoms with Gasteiger partial charge in [0.2, 0.25) is 5.91 Å². The number of benzene rings is 1. The number of anilines is 1. The Morgan fingerprint density at radius 3 is 2.53 bits per heavy atom. The monoisotopic (exact) mass is 260 g/mol. The minimum atomic E-state index is -0.751. The first-order valence-electron chi connectivity index (χ1n) is 6.72. The number of piperazine rings is 1. The van der Waals surface area contributed by atoms with Crippen molar-refractivity contribution in [3.05, 3.63) is 29.8 Å². The fourth-order valence-corrected chi connectivity index (χ4v) is 2.57. The molecule has 4 nitrogen and oxygen atoms in total. The van der Waals surface area contributed by atoms with Crippen LogP contribution in [0.3, 0.4) is 0 Å². The average Bonchev–Trinajstić information content (AvgIpc) is 2.41. The summed E-state index contributed by atoms with van der Waals surface area (Å²) in [4.78, 5) is 26.2. The third-order valence-electron chi connectivity index (χ3n) is 3.86. The zero-order chi connectivity index (χ0) is 14.0. The first-order chi connectivity index (χ1) is 9.02. The van der Waals surface area contributed by atoms with Gasteiger partial charge in [-0.15, -0.1) is 0 Å². The maximum atomic E-state index is 12.7. The van der Waals surface area contributed by atoms with E-state index in [0.29, 0.717) is 12.8 Å². The van der Waals surface area contributed by atoms with Gasteiger partial charge in [-0.05, 0) is 37.5 Å². The molecule has 4 heteroatoms. The van der Waals surface area contributed by atoms with Crippen LogP contribution in [-0.4, -0.2) is 23.9 Å². The predicted molar refractivity (Wildman–Crippen MR) is 75.0 cm³/mol. The average molecular weight is 260 g/mol. The zero-order valence-electron chi connectivity index (χ0n) is 11.7. The molecule has 1 aliphatic heterocycles. The Labute approximate surface area is 113 Å². The van der Waals surface area contributed by atoms with E-state index in [4.69, 9.17) is 0 Å². The summed E-state index contributed by atoms with van der Waals surface area (Å²) in [6.45, 7) is 5.94. The highest BCUT2D eigenvalue weighted by Gasteiger charge is 2.44. The molecule has 1 aromatic rings. The van der Waals surface area contributed by atoms with Crippen molar-refractivity contribution < 1.29 is 9.59 Å². The number of nitrogens with one attached hydrogen (secondary N) is 1. The lowest BCUT2D eigenvalue weighted by Gasteiger charge is -2.41. The summed E-state index contributed by atoms with van der Waals surface area (Å²) in [6.07, 6.45) is 1.22. The van der Waals surface area contributed by atoms with Gasteiger partial charge in [0.1, 0.15) is 12.1 Å². The van der Waals surface area contributed by atoms with Crippen molar-refractivity contribution in [2.24, 2.45) is 0 Å². The Kier molecular flexibility index (Phi) is 3.60. The number of carbonyl (C=O) groups excluding carboxylic acids is 2. The van der Waals surface area contributed by atoms with Crippen molar-refractivity contribution in [3.63, 3.8) is 0 Å². The largest absolute Gasteiger partial charge is 0.340 e. The van der Waals surface area contributed by atoms with Gasteiger partial charge < -0.3 is 10.2 Å². The first-order valence-corrected chi connectivity index (χ1v) is 6.72. The first kappa shape index (κ1) is 13.6. The van der Waals surface area contributed by atoms with Crippen LogP contribution >= 0.6 is 0 Å². The van der Waals surface area contributed by atoms with Crippen LogP contribution in [0.5, 0.6) is 0 Å². The molecule has 0 unspecified atom stereocenters. The van der Waals surface area contributed by atoms with Crippen LogP contribution in [0.2, 0.25) is 0 Å². The van der Waals surface area contributed by atoms with Crippen LogP contribution in [0.1, 0.15) is 32.3 Å². The molecule has 1 aliphatic rings. The smallest absolute Gasteiger partial charge is 0.253 e. The summed E-state index contributed by atoms with van der Waals surface area (Å²) in [5, 5.41) is 2.86. The van der Waals surface area contributed by atoms with Crippen molar-refractivity contribution in [3.8, 4) is 0 Å². The predicted octanol–water partition coefficient (Wildman–Crippen LogP) is 2.02. The second-order valence-electron chi connectivity index (χ2n) is 5.07. The third kappa shape index (κ3) is 2.35. The number of hydrogen-bond donors (Lipinski definition) is 1. The molecule has 0 saturated carbocycles. The maximum Gasteiger partial charge on any atom is 0.253 e. The molecule has 0 bridgehead atoms. The van der Waals surface area contributed by atoms with Gasteiger partial charge in [0, 0.05) is 5.69 Å². The molecular weight excluding hydrogens is 240 g/mol. The number of nitrogens with zero attached hydrogens (tertiary/aromatic N) is 1. The normalized spacial score (nSPS) is 18.4. The van der Waals surface area contributed by atoms with Gasteiger partial charge in [-0.3, -0.25) is 9.59 Å². The van der Waals surface area contributed by atoms with E-state index in [0.717, 1.165) is 11.3 Å². The van der Waals surface area contributed by atoms with Gasteiger partial charge in [-0.2, -0.15) is 0 Å². The molecule has 1 saturated heterocycles. The number of rotatable bonds is 3. The lowest BCUT2D eigenvalue weighted by atomic mass is 9.88. The Morgan fingerprint density at radius 1 is 1.26 bits per heavy atom. The van der Waals surface area contributed by atoms with E-state index in [1.165, 1.54) is 0 Å². The summed E-state index contributed by atoms with van der Waals surface area (Å²) >= 11 is 0. The number of carbonyl (C=O) groups is 2. The summed E-state index contributed by atoms with van der Waals surface area (Å²) in [7, 11) is 0. The van der Waals surface area contributed by atoms with Crippen LogP contribution in [-0.2, 0) is 9.59 Å². The topological polar surface area (TPSA) is 49.4 Å². The molecule has 1 heterocycles. The Balaban J connectivity index is 2.40. The van der Waals surface area contributed by atoms with Crippen LogP contribution in [0.4, 0.5) is 5.69 Å². The zero-order valence-corrected chi connectivity index (χ0v) is 11.7. The van der Waals surface area contributed by atoms with Crippen LogP contribution in [0, 0.1) is 6.92 Å². The maximum absolute atomic E-state index is 12.7. The minimum Gasteiger partial charge on any atom is -0.340 e. The molecule has 102 valence electrons. The van der Waals surface area contributed by atoms with Gasteiger partial charge in [0.15, 0.2) is 0 Å². The Bertz CT molecular complexity index is 507. The molecule has 0 aromatic heterocycles. The molecule has 0 radical (unpaired) electrons. The standard InChI is InChI=1S/C15H20N2O2/c1-4-15(5-2)14(19)17(10-13(18)16-15)12-8-6-7-11(3)9-12/h6-9H,4-5,10H2,1-3H3,(H,16,18). The van der Waals surface area contributed by atoms with Gasteiger partial charge >= 0.3 is 0 Å². The van der Waals surface area contributed by atoms with E-state index < -0.39 is 5.54 Å². The number of hydrogen-bond acceptors (Lipinski definition) is 2. The van der Waals surface area contributed by atoms with Gasteiger partial charge in [0.05, 0.1) is 0 Å². The highest BCUT2D eigenvalue weighted by atomic mass is 16.2. The quantitative estimate of drug-likeness (QED) is 0.904. The highest BCUT2D eigenvalue weighted by Crippen LogP contribution is 2.26. The van der Waals surface area contributed by atoms with Crippen molar-refractivity contribution in [1.29, 1.82) is 0 Å². The Hall–Kier alpha value is -1.84. The van der Waals surface area contributed by atoms with E-state index in [1.807, 2.05) is 45.0 Å². The van der Waals surface area contributed by atoms with Crippen LogP contribution in [0.15, 0.2) is 24.3 Å². The van der Waals surface area contributed by atoms with Gasteiger partial charge in [0.25, 0.3) is 5.91 Å². The van der Waals surface area contributed by atoms with Crippen LogP contribution < -0.4 is 10.2 Å². The number of aryl methyl sites for hydroxylation is 1. The SMILES string of the molecule is CCC1(CC)NC(=O)CN(c2cccc(C)c2)C1=O. The number of amides is 2.